The molecule has 0 saturated heterocycles. The van der Waals surface area contributed by atoms with Crippen molar-refractivity contribution in [2.45, 2.75) is 25.2 Å². The van der Waals surface area contributed by atoms with E-state index in [1.807, 2.05) is 24.3 Å². The lowest BCUT2D eigenvalue weighted by Gasteiger charge is -2.14. The van der Waals surface area contributed by atoms with Crippen molar-refractivity contribution in [3.8, 4) is 11.1 Å². The van der Waals surface area contributed by atoms with Crippen molar-refractivity contribution in [1.82, 2.24) is 5.32 Å². The fraction of sp³-hybridized carbons (Fsp3) is 0.364. The molecule has 0 aliphatic heterocycles. The number of rotatable bonds is 9. The van der Waals surface area contributed by atoms with E-state index in [-0.39, 0.29) is 11.9 Å². The molecule has 0 bridgehead atoms. The molecule has 0 fully saturated rings. The number of hydrogen-bond donors (Lipinski definition) is 1. The second kappa shape index (κ2) is 10.5. The maximum atomic E-state index is 12.0. The molecule has 0 atom stereocenters. The van der Waals surface area contributed by atoms with Gasteiger partial charge in [-0.25, -0.2) is 4.79 Å². The Morgan fingerprint density at radius 2 is 1.57 bits per heavy atom. The number of fused-ring (bicyclic) bond motifs is 3. The molecule has 2 aromatic carbocycles. The highest BCUT2D eigenvalue weighted by Crippen LogP contribution is 2.44. The van der Waals surface area contributed by atoms with E-state index >= 15 is 0 Å². The predicted octanol–water partition coefficient (Wildman–Crippen LogP) is 4.67. The van der Waals surface area contributed by atoms with Gasteiger partial charge in [-0.2, -0.15) is 0 Å². The topological polar surface area (TPSA) is 64.6 Å². The van der Waals surface area contributed by atoms with Crippen LogP contribution in [-0.2, 0) is 14.3 Å². The van der Waals surface area contributed by atoms with E-state index in [0.717, 1.165) is 4.43 Å². The summed E-state index contributed by atoms with van der Waals surface area (Å²) >= 11 is 2.16. The summed E-state index contributed by atoms with van der Waals surface area (Å²) < 4.78 is 11.3. The molecule has 1 N–H and O–H groups in total. The Kier molecular flexibility index (Phi) is 7.71. The molecule has 5 nitrogen and oxygen atoms in total. The van der Waals surface area contributed by atoms with Gasteiger partial charge in [0.1, 0.15) is 13.2 Å². The molecule has 0 spiro atoms. The number of nitrogens with one attached hydrogen (secondary N) is 1. The Morgan fingerprint density at radius 3 is 2.21 bits per heavy atom. The summed E-state index contributed by atoms with van der Waals surface area (Å²) in [6.07, 6.45) is 1.35. The van der Waals surface area contributed by atoms with Crippen molar-refractivity contribution < 1.29 is 19.1 Å². The zero-order valence-electron chi connectivity index (χ0n) is 15.7. The Labute approximate surface area is 178 Å². The fourth-order valence-corrected chi connectivity index (χ4v) is 3.68. The summed E-state index contributed by atoms with van der Waals surface area (Å²) in [5.41, 5.74) is 4.81. The van der Waals surface area contributed by atoms with E-state index in [1.54, 1.807) is 0 Å². The summed E-state index contributed by atoms with van der Waals surface area (Å²) in [5.74, 6) is -0.122. The maximum absolute atomic E-state index is 12.0. The van der Waals surface area contributed by atoms with Crippen LogP contribution in [-0.4, -0.2) is 36.2 Å². The van der Waals surface area contributed by atoms with E-state index in [1.165, 1.54) is 22.3 Å². The Hall–Kier alpha value is -2.09. The molecule has 0 radical (unpaired) electrons. The van der Waals surface area contributed by atoms with Gasteiger partial charge in [0.2, 0.25) is 0 Å². The van der Waals surface area contributed by atoms with Gasteiger partial charge in [-0.15, -0.1) is 0 Å². The second-order valence-corrected chi connectivity index (χ2v) is 7.70. The molecule has 2 aromatic rings. The van der Waals surface area contributed by atoms with Crippen LogP contribution in [0.15, 0.2) is 48.5 Å². The van der Waals surface area contributed by atoms with Gasteiger partial charge < -0.3 is 14.8 Å². The molecule has 0 aromatic heterocycles. The number of unbranched alkanes of at least 4 members (excludes halogenated alkanes) is 1. The minimum atomic E-state index is -0.422. The van der Waals surface area contributed by atoms with Crippen LogP contribution < -0.4 is 5.32 Å². The molecular formula is C22H24INO4. The highest BCUT2D eigenvalue weighted by Gasteiger charge is 2.28. The summed E-state index contributed by atoms with van der Waals surface area (Å²) in [7, 11) is 0. The summed E-state index contributed by atoms with van der Waals surface area (Å²) in [4.78, 5) is 23.4. The van der Waals surface area contributed by atoms with Crippen LogP contribution in [0.1, 0.15) is 36.3 Å². The summed E-state index contributed by atoms with van der Waals surface area (Å²) in [6.45, 7) is 1.25. The van der Waals surface area contributed by atoms with Crippen molar-refractivity contribution in [2.24, 2.45) is 0 Å². The van der Waals surface area contributed by atoms with Crippen LogP contribution in [0.5, 0.6) is 0 Å². The monoisotopic (exact) mass is 493 g/mol. The number of amides is 1. The van der Waals surface area contributed by atoms with Gasteiger partial charge in [-0.3, -0.25) is 4.79 Å². The largest absolute Gasteiger partial charge is 0.465 e. The van der Waals surface area contributed by atoms with Crippen LogP contribution in [0.2, 0.25) is 0 Å². The van der Waals surface area contributed by atoms with E-state index in [2.05, 4.69) is 52.2 Å². The first-order valence-electron chi connectivity index (χ1n) is 9.51. The van der Waals surface area contributed by atoms with E-state index < -0.39 is 6.09 Å². The number of alkyl carbamates (subject to hydrolysis) is 1. The van der Waals surface area contributed by atoms with Crippen LogP contribution in [0, 0.1) is 0 Å². The number of halogens is 1. The van der Waals surface area contributed by atoms with Gasteiger partial charge in [-0.1, -0.05) is 71.1 Å². The first kappa shape index (κ1) is 20.6. The third kappa shape index (κ3) is 5.25. The number of carbonyl (C=O) groups excluding carboxylic acids is 2. The highest BCUT2D eigenvalue weighted by molar-refractivity contribution is 14.1. The SMILES string of the molecule is O=C(CCCCNC(=O)OCC1c2ccccc2-c2ccccc21)OCCI. The molecule has 6 heteroatoms. The molecule has 3 rings (SSSR count). The van der Waals surface area contributed by atoms with Gasteiger partial charge in [0, 0.05) is 23.3 Å². The maximum Gasteiger partial charge on any atom is 0.407 e. The van der Waals surface area contributed by atoms with Crippen LogP contribution >= 0.6 is 22.6 Å². The van der Waals surface area contributed by atoms with Gasteiger partial charge in [0.15, 0.2) is 0 Å². The number of carbonyl (C=O) groups is 2. The third-order valence-corrected chi connectivity index (χ3v) is 5.20. The Morgan fingerprint density at radius 1 is 0.929 bits per heavy atom. The highest BCUT2D eigenvalue weighted by atomic mass is 127. The van der Waals surface area contributed by atoms with Crippen molar-refractivity contribution in [1.29, 1.82) is 0 Å². The van der Waals surface area contributed by atoms with Gasteiger partial charge >= 0.3 is 12.1 Å². The van der Waals surface area contributed by atoms with Crippen LogP contribution in [0.25, 0.3) is 11.1 Å². The second-order valence-electron chi connectivity index (χ2n) is 6.62. The smallest absolute Gasteiger partial charge is 0.407 e. The van der Waals surface area contributed by atoms with Crippen molar-refractivity contribution >= 4 is 34.7 Å². The normalized spacial score (nSPS) is 12.2. The Balaban J connectivity index is 1.42. The lowest BCUT2D eigenvalue weighted by Crippen LogP contribution is -2.27. The fourth-order valence-electron chi connectivity index (χ4n) is 3.46. The number of benzene rings is 2. The average Bonchev–Trinajstić information content (AvgIpc) is 3.04. The minimum absolute atomic E-state index is 0.0609. The molecular weight excluding hydrogens is 469 g/mol. The van der Waals surface area contributed by atoms with E-state index in [4.69, 9.17) is 9.47 Å². The van der Waals surface area contributed by atoms with Gasteiger partial charge in [0.25, 0.3) is 0 Å². The molecule has 1 aliphatic carbocycles. The molecule has 148 valence electrons. The first-order valence-corrected chi connectivity index (χ1v) is 11.0. The first-order chi connectivity index (χ1) is 13.7. The summed E-state index contributed by atoms with van der Waals surface area (Å²) in [6, 6.07) is 16.5. The number of esters is 1. The van der Waals surface area contributed by atoms with Gasteiger partial charge in [0.05, 0.1) is 0 Å². The van der Waals surface area contributed by atoms with Crippen molar-refractivity contribution in [3.63, 3.8) is 0 Å². The van der Waals surface area contributed by atoms with Crippen molar-refractivity contribution in [3.05, 3.63) is 59.7 Å². The zero-order valence-corrected chi connectivity index (χ0v) is 17.8. The Bertz CT molecular complexity index is 778. The number of ether oxygens (including phenoxy) is 2. The number of hydrogen-bond acceptors (Lipinski definition) is 4. The summed E-state index contributed by atoms with van der Waals surface area (Å²) in [5, 5.41) is 2.76. The zero-order chi connectivity index (χ0) is 19.8. The molecule has 28 heavy (non-hydrogen) atoms. The lowest BCUT2D eigenvalue weighted by atomic mass is 9.98. The number of alkyl halides is 1. The van der Waals surface area contributed by atoms with Crippen molar-refractivity contribution in [2.75, 3.05) is 24.2 Å². The third-order valence-electron chi connectivity index (χ3n) is 4.76. The van der Waals surface area contributed by atoms with Crippen LogP contribution in [0.4, 0.5) is 4.79 Å². The van der Waals surface area contributed by atoms with E-state index in [9.17, 15) is 9.59 Å². The molecule has 1 aliphatic rings. The predicted molar refractivity (Wildman–Crippen MR) is 117 cm³/mol. The molecule has 1 amide bonds. The molecule has 0 heterocycles. The molecule has 0 saturated carbocycles. The van der Waals surface area contributed by atoms with Crippen LogP contribution in [0.3, 0.4) is 0 Å². The van der Waals surface area contributed by atoms with E-state index in [0.29, 0.717) is 39.0 Å². The average molecular weight is 493 g/mol. The van der Waals surface area contributed by atoms with Gasteiger partial charge in [-0.05, 0) is 35.1 Å². The lowest BCUT2D eigenvalue weighted by molar-refractivity contribution is -0.143. The minimum Gasteiger partial charge on any atom is -0.465 e. The standard InChI is InChI=1S/C22H24INO4/c23-12-14-27-21(25)11-5-6-13-24-22(26)28-15-20-18-9-3-1-7-16(18)17-8-2-4-10-19(17)20/h1-4,7-10,20H,5-6,11-15H2,(H,24,26). The quantitative estimate of drug-likeness (QED) is 0.239. The molecule has 0 unspecified atom stereocenters.